The Labute approximate surface area is 76.7 Å². The highest BCUT2D eigenvalue weighted by atomic mass is 16.5. The van der Waals surface area contributed by atoms with Gasteiger partial charge in [0.2, 0.25) is 5.91 Å². The molecule has 0 aromatic heterocycles. The summed E-state index contributed by atoms with van der Waals surface area (Å²) in [5, 5.41) is 0. The summed E-state index contributed by atoms with van der Waals surface area (Å²) in [6.07, 6.45) is 3.73. The normalized spacial score (nSPS) is 25.9. The lowest BCUT2D eigenvalue weighted by molar-refractivity contribution is -0.144. The van der Waals surface area contributed by atoms with E-state index in [9.17, 15) is 9.59 Å². The average Bonchev–Trinajstić information content (AvgIpc) is 2.80. The van der Waals surface area contributed by atoms with Crippen molar-refractivity contribution in [2.45, 2.75) is 13.3 Å². The van der Waals surface area contributed by atoms with Crippen molar-refractivity contribution in [3.63, 3.8) is 0 Å². The first-order valence-electron chi connectivity index (χ1n) is 4.29. The minimum atomic E-state index is -0.477. The highest BCUT2D eigenvalue weighted by Gasteiger charge is 2.42. The van der Waals surface area contributed by atoms with Crippen molar-refractivity contribution < 1.29 is 14.3 Å². The first kappa shape index (κ1) is 9.77. The Morgan fingerprint density at radius 2 is 2.31 bits per heavy atom. The van der Waals surface area contributed by atoms with E-state index in [0.717, 1.165) is 6.42 Å². The molecule has 13 heavy (non-hydrogen) atoms. The lowest BCUT2D eigenvalue weighted by atomic mass is 10.3. The van der Waals surface area contributed by atoms with E-state index in [1.807, 2.05) is 0 Å². The van der Waals surface area contributed by atoms with Gasteiger partial charge in [-0.2, -0.15) is 0 Å². The predicted octanol–water partition coefficient (Wildman–Crippen LogP) is 0.227. The molecule has 72 valence electrons. The maximum Gasteiger partial charge on any atom is 0.309 e. The third-order valence-corrected chi connectivity index (χ3v) is 1.94. The minimum absolute atomic E-state index is 0.0597. The number of carbonyl (C=O) groups excluding carboxylic acids is 2. The minimum Gasteiger partial charge on any atom is -0.466 e. The second kappa shape index (κ2) is 4.07. The third kappa shape index (κ3) is 2.89. The van der Waals surface area contributed by atoms with Gasteiger partial charge in [0.05, 0.1) is 12.5 Å². The maximum absolute atomic E-state index is 11.1. The van der Waals surface area contributed by atoms with Crippen molar-refractivity contribution in [2.75, 3.05) is 6.61 Å². The molecule has 0 saturated heterocycles. The zero-order chi connectivity index (χ0) is 9.84. The largest absolute Gasteiger partial charge is 0.466 e. The summed E-state index contributed by atoms with van der Waals surface area (Å²) >= 11 is 0. The van der Waals surface area contributed by atoms with Crippen LogP contribution in [-0.2, 0) is 14.3 Å². The molecule has 0 radical (unpaired) electrons. The van der Waals surface area contributed by atoms with Gasteiger partial charge in [-0.3, -0.25) is 9.59 Å². The van der Waals surface area contributed by atoms with E-state index in [2.05, 4.69) is 0 Å². The topological polar surface area (TPSA) is 69.4 Å². The number of hydrogen-bond donors (Lipinski definition) is 1. The van der Waals surface area contributed by atoms with Crippen LogP contribution in [0.2, 0.25) is 0 Å². The molecular weight excluding hydrogens is 170 g/mol. The van der Waals surface area contributed by atoms with Crippen LogP contribution in [-0.4, -0.2) is 18.5 Å². The monoisotopic (exact) mass is 183 g/mol. The fraction of sp³-hybridized carbons (Fsp3) is 0.556. The van der Waals surface area contributed by atoms with Crippen LogP contribution in [0, 0.1) is 11.8 Å². The summed E-state index contributed by atoms with van der Waals surface area (Å²) in [6.45, 7) is 2.18. The molecule has 0 aromatic carbocycles. The zero-order valence-electron chi connectivity index (χ0n) is 7.53. The summed E-state index contributed by atoms with van der Waals surface area (Å²) in [6, 6.07) is 0. The van der Waals surface area contributed by atoms with Gasteiger partial charge in [-0.05, 0) is 25.3 Å². The number of allylic oxidation sites excluding steroid dienone is 1. The first-order valence-corrected chi connectivity index (χ1v) is 4.29. The molecule has 0 aliphatic heterocycles. The molecule has 1 fully saturated rings. The van der Waals surface area contributed by atoms with E-state index in [1.165, 1.54) is 6.08 Å². The van der Waals surface area contributed by atoms with Gasteiger partial charge in [0.25, 0.3) is 0 Å². The van der Waals surface area contributed by atoms with Crippen molar-refractivity contribution in [3.05, 3.63) is 12.2 Å². The lowest BCUT2D eigenvalue weighted by Crippen LogP contribution is -2.08. The molecule has 0 heterocycles. The molecule has 1 rings (SSSR count). The van der Waals surface area contributed by atoms with Gasteiger partial charge in [-0.25, -0.2) is 0 Å². The summed E-state index contributed by atoms with van der Waals surface area (Å²) in [5.41, 5.74) is 4.91. The van der Waals surface area contributed by atoms with Crippen LogP contribution in [0.4, 0.5) is 0 Å². The van der Waals surface area contributed by atoms with Gasteiger partial charge in [0.15, 0.2) is 0 Å². The number of primary amides is 1. The Morgan fingerprint density at radius 1 is 1.62 bits per heavy atom. The molecule has 2 unspecified atom stereocenters. The fourth-order valence-electron chi connectivity index (χ4n) is 1.17. The second-order valence-electron chi connectivity index (χ2n) is 3.02. The Kier molecular flexibility index (Phi) is 3.06. The van der Waals surface area contributed by atoms with E-state index in [1.54, 1.807) is 13.0 Å². The Morgan fingerprint density at radius 3 is 2.85 bits per heavy atom. The van der Waals surface area contributed by atoms with Gasteiger partial charge >= 0.3 is 5.97 Å². The fourth-order valence-corrected chi connectivity index (χ4v) is 1.17. The van der Waals surface area contributed by atoms with Crippen LogP contribution < -0.4 is 5.73 Å². The summed E-state index contributed by atoms with van der Waals surface area (Å²) < 4.78 is 4.81. The highest BCUT2D eigenvalue weighted by Crippen LogP contribution is 2.40. The highest BCUT2D eigenvalue weighted by molar-refractivity contribution is 5.86. The Bertz CT molecular complexity index is 247. The van der Waals surface area contributed by atoms with Crippen LogP contribution in [0.15, 0.2) is 12.2 Å². The smallest absolute Gasteiger partial charge is 0.309 e. The van der Waals surface area contributed by atoms with Crippen molar-refractivity contribution >= 4 is 11.9 Å². The number of hydrogen-bond acceptors (Lipinski definition) is 3. The molecule has 1 aliphatic carbocycles. The van der Waals surface area contributed by atoms with Crippen LogP contribution in [0.3, 0.4) is 0 Å². The van der Waals surface area contributed by atoms with E-state index in [0.29, 0.717) is 6.61 Å². The summed E-state index contributed by atoms with van der Waals surface area (Å²) in [5.74, 6) is -0.571. The molecule has 1 aliphatic rings. The number of esters is 1. The van der Waals surface area contributed by atoms with Crippen LogP contribution in [0.1, 0.15) is 13.3 Å². The zero-order valence-corrected chi connectivity index (χ0v) is 7.53. The quantitative estimate of drug-likeness (QED) is 0.501. The maximum atomic E-state index is 11.1. The van der Waals surface area contributed by atoms with Gasteiger partial charge in [0, 0.05) is 0 Å². The SMILES string of the molecule is CCOC(=O)C1CC1/C=C/C(N)=O. The first-order chi connectivity index (χ1) is 6.15. The van der Waals surface area contributed by atoms with Gasteiger partial charge in [0.1, 0.15) is 0 Å². The van der Waals surface area contributed by atoms with E-state index >= 15 is 0 Å². The summed E-state index contributed by atoms with van der Waals surface area (Å²) in [7, 11) is 0. The predicted molar refractivity (Wildman–Crippen MR) is 46.6 cm³/mol. The number of amides is 1. The molecule has 0 bridgehead atoms. The molecule has 2 N–H and O–H groups in total. The lowest BCUT2D eigenvalue weighted by Gasteiger charge is -1.97. The van der Waals surface area contributed by atoms with Crippen LogP contribution in [0.5, 0.6) is 0 Å². The van der Waals surface area contributed by atoms with Crippen molar-refractivity contribution in [1.29, 1.82) is 0 Å². The number of rotatable bonds is 4. The average molecular weight is 183 g/mol. The van der Waals surface area contributed by atoms with Gasteiger partial charge in [-0.1, -0.05) is 6.08 Å². The van der Waals surface area contributed by atoms with Crippen LogP contribution >= 0.6 is 0 Å². The van der Waals surface area contributed by atoms with Gasteiger partial charge in [-0.15, -0.1) is 0 Å². The van der Waals surface area contributed by atoms with Crippen molar-refractivity contribution in [3.8, 4) is 0 Å². The Hall–Kier alpha value is -1.32. The second-order valence-corrected chi connectivity index (χ2v) is 3.02. The number of ether oxygens (including phenoxy) is 1. The molecule has 0 aromatic rings. The molecule has 0 spiro atoms. The summed E-state index contributed by atoms with van der Waals surface area (Å²) in [4.78, 5) is 21.4. The molecule has 4 heteroatoms. The van der Waals surface area contributed by atoms with E-state index in [-0.39, 0.29) is 17.8 Å². The third-order valence-electron chi connectivity index (χ3n) is 1.94. The van der Waals surface area contributed by atoms with Gasteiger partial charge < -0.3 is 10.5 Å². The molecule has 1 saturated carbocycles. The Balaban J connectivity index is 2.30. The van der Waals surface area contributed by atoms with Crippen molar-refractivity contribution in [2.24, 2.45) is 17.6 Å². The standard InChI is InChI=1S/C9H13NO3/c1-2-13-9(12)7-5-6(7)3-4-8(10)11/h3-4,6-7H,2,5H2,1H3,(H2,10,11)/b4-3+. The number of carbonyl (C=O) groups is 2. The van der Waals surface area contributed by atoms with Crippen molar-refractivity contribution in [1.82, 2.24) is 0 Å². The van der Waals surface area contributed by atoms with E-state index in [4.69, 9.17) is 10.5 Å². The van der Waals surface area contributed by atoms with E-state index < -0.39 is 5.91 Å². The molecule has 1 amide bonds. The van der Waals surface area contributed by atoms with Crippen LogP contribution in [0.25, 0.3) is 0 Å². The molecular formula is C9H13NO3. The number of nitrogens with two attached hydrogens (primary N) is 1. The molecule has 4 nitrogen and oxygen atoms in total. The molecule has 2 atom stereocenters.